The van der Waals surface area contributed by atoms with Gasteiger partial charge in [0.25, 0.3) is 0 Å². The van der Waals surface area contributed by atoms with Gasteiger partial charge in [-0.15, -0.1) is 0 Å². The first-order valence-electron chi connectivity index (χ1n) is 14.1. The Labute approximate surface area is 225 Å². The lowest BCUT2D eigenvalue weighted by Crippen LogP contribution is -2.52. The summed E-state index contributed by atoms with van der Waals surface area (Å²) in [5.41, 5.74) is 12.1. The first kappa shape index (κ1) is 22.2. The molecule has 2 aliphatic heterocycles. The number of rotatable bonds is 1. The van der Waals surface area contributed by atoms with Gasteiger partial charge in [-0.2, -0.15) is 0 Å². The number of anilines is 1. The van der Waals surface area contributed by atoms with Crippen molar-refractivity contribution in [3.8, 4) is 11.1 Å². The lowest BCUT2D eigenvalue weighted by Gasteiger charge is -2.46. The van der Waals surface area contributed by atoms with Gasteiger partial charge >= 0.3 is 0 Å². The number of fused-ring (bicyclic) bond motifs is 10. The van der Waals surface area contributed by atoms with Crippen LogP contribution >= 0.6 is 0 Å². The summed E-state index contributed by atoms with van der Waals surface area (Å²) in [6, 6.07) is 34.7. The molecule has 38 heavy (non-hydrogen) atoms. The summed E-state index contributed by atoms with van der Waals surface area (Å²) in [6.07, 6.45) is 2.33. The molecule has 1 spiro atoms. The molecule has 0 aromatic heterocycles. The van der Waals surface area contributed by atoms with E-state index in [0.29, 0.717) is 0 Å². The summed E-state index contributed by atoms with van der Waals surface area (Å²) >= 11 is 0. The van der Waals surface area contributed by atoms with Crippen LogP contribution in [0.1, 0.15) is 60.1 Å². The van der Waals surface area contributed by atoms with Crippen molar-refractivity contribution >= 4 is 11.6 Å². The van der Waals surface area contributed by atoms with Gasteiger partial charge in [0.05, 0.1) is 5.41 Å². The molecule has 1 fully saturated rings. The van der Waals surface area contributed by atoms with Gasteiger partial charge in [-0.25, -0.2) is 0 Å². The standard InChI is InChI=1S/C35H33N3/c1-34(2)29-13-5-7-15-31(29)35(32-16-8-6-14-30(32)34)27-12-4-3-11-25(27)26-23-24(17-18-28(26)35)38-22-10-21-37-20-9-19-36-33(37)38/h3-8,11-18,23H,9-10,19-22H2,1-2H3. The van der Waals surface area contributed by atoms with Crippen LogP contribution in [-0.2, 0) is 10.8 Å². The highest BCUT2D eigenvalue weighted by atomic mass is 15.4. The molecule has 3 nitrogen and oxygen atoms in total. The van der Waals surface area contributed by atoms with E-state index < -0.39 is 0 Å². The number of benzene rings is 4. The summed E-state index contributed by atoms with van der Waals surface area (Å²) in [5.74, 6) is 1.17. The van der Waals surface area contributed by atoms with Gasteiger partial charge in [0, 0.05) is 37.3 Å². The van der Waals surface area contributed by atoms with Gasteiger partial charge in [-0.05, 0) is 69.5 Å². The van der Waals surface area contributed by atoms with E-state index >= 15 is 0 Å². The SMILES string of the molecule is CC1(C)c2ccccc2C2(c3ccccc3-c3cc(N4CCCN5CCCN=C54)ccc32)c2ccccc21. The highest BCUT2D eigenvalue weighted by molar-refractivity contribution is 5.99. The van der Waals surface area contributed by atoms with Gasteiger partial charge < -0.3 is 9.80 Å². The van der Waals surface area contributed by atoms with Crippen LogP contribution in [0.3, 0.4) is 0 Å². The van der Waals surface area contributed by atoms with Crippen LogP contribution in [0, 0.1) is 0 Å². The molecule has 0 unspecified atom stereocenters. The van der Waals surface area contributed by atoms with Gasteiger partial charge in [0.15, 0.2) is 0 Å². The van der Waals surface area contributed by atoms with Crippen molar-refractivity contribution in [2.75, 3.05) is 31.1 Å². The van der Waals surface area contributed by atoms with Crippen LogP contribution in [0.2, 0.25) is 0 Å². The number of hydrogen-bond donors (Lipinski definition) is 0. The predicted molar refractivity (Wildman–Crippen MR) is 156 cm³/mol. The van der Waals surface area contributed by atoms with Crippen molar-refractivity contribution in [1.29, 1.82) is 0 Å². The summed E-state index contributed by atoms with van der Waals surface area (Å²) in [7, 11) is 0. The molecule has 0 N–H and O–H groups in total. The molecule has 2 heterocycles. The molecule has 2 aliphatic carbocycles. The fraction of sp³-hybridized carbons (Fsp3) is 0.286. The van der Waals surface area contributed by atoms with Crippen LogP contribution in [0.25, 0.3) is 11.1 Å². The fourth-order valence-corrected chi connectivity index (χ4v) is 7.89. The third kappa shape index (κ3) is 2.72. The average Bonchev–Trinajstić information content (AvgIpc) is 3.26. The van der Waals surface area contributed by atoms with Crippen molar-refractivity contribution in [2.45, 2.75) is 37.5 Å². The van der Waals surface area contributed by atoms with Crippen LogP contribution < -0.4 is 4.90 Å². The van der Waals surface area contributed by atoms with Crippen LogP contribution in [0.15, 0.2) is 96.0 Å². The van der Waals surface area contributed by atoms with E-state index in [9.17, 15) is 0 Å². The largest absolute Gasteiger partial charge is 0.342 e. The Morgan fingerprint density at radius 3 is 1.95 bits per heavy atom. The zero-order valence-corrected chi connectivity index (χ0v) is 22.2. The lowest BCUT2D eigenvalue weighted by atomic mass is 9.55. The summed E-state index contributed by atoms with van der Waals surface area (Å²) in [5, 5.41) is 0. The summed E-state index contributed by atoms with van der Waals surface area (Å²) < 4.78 is 0. The molecular weight excluding hydrogens is 462 g/mol. The maximum Gasteiger partial charge on any atom is 0.201 e. The van der Waals surface area contributed by atoms with Crippen molar-refractivity contribution in [3.63, 3.8) is 0 Å². The van der Waals surface area contributed by atoms with E-state index in [4.69, 9.17) is 4.99 Å². The Balaban J connectivity index is 1.42. The Hall–Kier alpha value is -3.85. The minimum absolute atomic E-state index is 0.0630. The van der Waals surface area contributed by atoms with Crippen LogP contribution in [-0.4, -0.2) is 37.0 Å². The van der Waals surface area contributed by atoms with Crippen molar-refractivity contribution < 1.29 is 0 Å². The molecule has 188 valence electrons. The number of guanidine groups is 1. The maximum atomic E-state index is 4.97. The normalized spacial score (nSPS) is 19.7. The molecule has 4 aromatic rings. The maximum absolute atomic E-state index is 4.97. The van der Waals surface area contributed by atoms with Gasteiger partial charge in [-0.3, -0.25) is 4.99 Å². The van der Waals surface area contributed by atoms with Crippen LogP contribution in [0.4, 0.5) is 5.69 Å². The average molecular weight is 496 g/mol. The van der Waals surface area contributed by atoms with E-state index in [1.54, 1.807) is 0 Å². The molecule has 4 aromatic carbocycles. The minimum atomic E-state index is -0.316. The molecule has 4 aliphatic rings. The third-order valence-electron chi connectivity index (χ3n) is 9.52. The van der Waals surface area contributed by atoms with Gasteiger partial charge in [-0.1, -0.05) is 92.7 Å². The number of nitrogens with zero attached hydrogens (tertiary/aromatic N) is 3. The first-order valence-corrected chi connectivity index (χ1v) is 14.1. The minimum Gasteiger partial charge on any atom is -0.342 e. The van der Waals surface area contributed by atoms with E-state index in [1.165, 1.54) is 62.6 Å². The van der Waals surface area contributed by atoms with Crippen molar-refractivity contribution in [2.24, 2.45) is 4.99 Å². The van der Waals surface area contributed by atoms with Crippen LogP contribution in [0.5, 0.6) is 0 Å². The second-order valence-electron chi connectivity index (χ2n) is 11.8. The highest BCUT2D eigenvalue weighted by Gasteiger charge is 2.53. The van der Waals surface area contributed by atoms with Gasteiger partial charge in [0.1, 0.15) is 0 Å². The predicted octanol–water partition coefficient (Wildman–Crippen LogP) is 6.96. The smallest absolute Gasteiger partial charge is 0.201 e. The molecule has 0 saturated carbocycles. The topological polar surface area (TPSA) is 18.8 Å². The molecule has 0 radical (unpaired) electrons. The Bertz CT molecular complexity index is 1580. The summed E-state index contributed by atoms with van der Waals surface area (Å²) in [4.78, 5) is 9.91. The molecule has 0 atom stereocenters. The molecule has 3 heteroatoms. The number of hydrogen-bond acceptors (Lipinski definition) is 3. The Morgan fingerprint density at radius 2 is 1.21 bits per heavy atom. The molecule has 1 saturated heterocycles. The zero-order valence-electron chi connectivity index (χ0n) is 22.2. The lowest BCUT2D eigenvalue weighted by molar-refractivity contribution is 0.360. The van der Waals surface area contributed by atoms with E-state index in [0.717, 1.165) is 32.6 Å². The molecule has 0 amide bonds. The van der Waals surface area contributed by atoms with Crippen molar-refractivity contribution in [3.05, 3.63) is 124 Å². The quantitative estimate of drug-likeness (QED) is 0.250. The van der Waals surface area contributed by atoms with Crippen molar-refractivity contribution in [1.82, 2.24) is 4.90 Å². The summed E-state index contributed by atoms with van der Waals surface area (Å²) in [6.45, 7) is 8.97. The van der Waals surface area contributed by atoms with E-state index in [2.05, 4.69) is 115 Å². The van der Waals surface area contributed by atoms with E-state index in [1.807, 2.05) is 0 Å². The molecular formula is C35H33N3. The number of aliphatic imine (C=N–C) groups is 1. The fourth-order valence-electron chi connectivity index (χ4n) is 7.89. The van der Waals surface area contributed by atoms with Gasteiger partial charge in [0.2, 0.25) is 5.96 Å². The second-order valence-corrected chi connectivity index (χ2v) is 11.8. The monoisotopic (exact) mass is 495 g/mol. The molecule has 8 rings (SSSR count). The Kier molecular flexibility index (Phi) is 4.57. The highest BCUT2D eigenvalue weighted by Crippen LogP contribution is 2.62. The molecule has 0 bridgehead atoms. The zero-order chi connectivity index (χ0) is 25.5. The van der Waals surface area contributed by atoms with E-state index in [-0.39, 0.29) is 10.8 Å². The Morgan fingerprint density at radius 1 is 0.605 bits per heavy atom. The first-order chi connectivity index (χ1) is 18.6. The second kappa shape index (κ2) is 7.83. The third-order valence-corrected chi connectivity index (χ3v) is 9.52.